The van der Waals surface area contributed by atoms with Crippen LogP contribution < -0.4 is 0 Å². The number of aromatic nitrogens is 3. The molecule has 0 amide bonds. The number of carbonyl (C=O) groups is 1. The Kier molecular flexibility index (Phi) is 2.34. The van der Waals surface area contributed by atoms with E-state index in [-0.39, 0.29) is 0 Å². The van der Waals surface area contributed by atoms with Crippen molar-refractivity contribution in [1.82, 2.24) is 15.1 Å². The first-order valence-corrected chi connectivity index (χ1v) is 5.41. The Bertz CT molecular complexity index is 791. The van der Waals surface area contributed by atoms with E-state index >= 15 is 0 Å². The molecule has 2 N–H and O–H groups in total. The first-order valence-electron chi connectivity index (χ1n) is 5.41. The van der Waals surface area contributed by atoms with Crippen LogP contribution in [-0.4, -0.2) is 26.2 Å². The van der Waals surface area contributed by atoms with Crippen molar-refractivity contribution in [3.8, 4) is 11.5 Å². The van der Waals surface area contributed by atoms with Gasteiger partial charge in [-0.1, -0.05) is 5.16 Å². The van der Waals surface area contributed by atoms with Gasteiger partial charge in [0.15, 0.2) is 5.82 Å². The van der Waals surface area contributed by atoms with Gasteiger partial charge in [-0.2, -0.15) is 0 Å². The van der Waals surface area contributed by atoms with Gasteiger partial charge in [-0.15, -0.1) is 0 Å². The number of aromatic amines is 1. The number of nitrogens with one attached hydrogen (secondary N) is 1. The molecular formula is C12H8FN3O3. The van der Waals surface area contributed by atoms with Crippen LogP contribution in [0.5, 0.6) is 0 Å². The molecule has 0 radical (unpaired) electrons. The molecule has 0 atom stereocenters. The molecule has 0 fully saturated rings. The minimum Gasteiger partial charge on any atom is -0.478 e. The number of hydrogen-bond acceptors (Lipinski definition) is 4. The number of aromatic carboxylic acids is 1. The van der Waals surface area contributed by atoms with Crippen LogP contribution in [0.3, 0.4) is 0 Å². The molecule has 0 aliphatic rings. The van der Waals surface area contributed by atoms with E-state index in [0.29, 0.717) is 28.3 Å². The molecule has 2 heterocycles. The quantitative estimate of drug-likeness (QED) is 0.738. The van der Waals surface area contributed by atoms with Crippen molar-refractivity contribution in [3.05, 3.63) is 35.3 Å². The molecule has 0 spiro atoms. The third-order valence-corrected chi connectivity index (χ3v) is 2.67. The van der Waals surface area contributed by atoms with E-state index in [1.165, 1.54) is 6.07 Å². The molecule has 19 heavy (non-hydrogen) atoms. The second-order valence-electron chi connectivity index (χ2n) is 4.06. The van der Waals surface area contributed by atoms with Gasteiger partial charge in [-0.25, -0.2) is 14.2 Å². The van der Waals surface area contributed by atoms with Crippen LogP contribution in [0.4, 0.5) is 4.39 Å². The molecule has 3 aromatic rings. The summed E-state index contributed by atoms with van der Waals surface area (Å²) >= 11 is 0. The highest BCUT2D eigenvalue weighted by molar-refractivity contribution is 5.93. The topological polar surface area (TPSA) is 92.0 Å². The molecule has 3 rings (SSSR count). The number of aryl methyl sites for hydroxylation is 1. The molecule has 0 unspecified atom stereocenters. The van der Waals surface area contributed by atoms with Crippen molar-refractivity contribution >= 4 is 17.0 Å². The predicted octanol–water partition coefficient (Wildman–Crippen LogP) is 2.36. The number of carboxylic acids is 1. The van der Waals surface area contributed by atoms with E-state index in [1.54, 1.807) is 13.0 Å². The maximum Gasteiger partial charge on any atom is 0.338 e. The molecule has 7 heteroatoms. The van der Waals surface area contributed by atoms with E-state index < -0.39 is 17.3 Å². The fraction of sp³-hybridized carbons (Fsp3) is 0.0833. The van der Waals surface area contributed by atoms with Gasteiger partial charge < -0.3 is 14.6 Å². The smallest absolute Gasteiger partial charge is 0.338 e. The van der Waals surface area contributed by atoms with Gasteiger partial charge in [0.25, 0.3) is 0 Å². The number of carboxylic acid groups (broad SMARTS) is 1. The van der Waals surface area contributed by atoms with Crippen molar-refractivity contribution in [2.75, 3.05) is 0 Å². The van der Waals surface area contributed by atoms with Crippen molar-refractivity contribution < 1.29 is 18.8 Å². The number of benzene rings is 1. The Balaban J connectivity index is 2.18. The molecule has 0 aliphatic heterocycles. The molecule has 2 aromatic heterocycles. The first kappa shape index (κ1) is 11.4. The Morgan fingerprint density at radius 3 is 2.84 bits per heavy atom. The van der Waals surface area contributed by atoms with E-state index in [1.807, 2.05) is 0 Å². The number of fused-ring (bicyclic) bond motifs is 1. The lowest BCUT2D eigenvalue weighted by Gasteiger charge is -1.95. The van der Waals surface area contributed by atoms with E-state index in [4.69, 9.17) is 9.63 Å². The second kappa shape index (κ2) is 3.91. The summed E-state index contributed by atoms with van der Waals surface area (Å²) in [5.41, 5.74) is 0.820. The van der Waals surface area contributed by atoms with Gasteiger partial charge in [0, 0.05) is 12.1 Å². The van der Waals surface area contributed by atoms with Crippen LogP contribution in [-0.2, 0) is 0 Å². The zero-order valence-corrected chi connectivity index (χ0v) is 9.77. The van der Waals surface area contributed by atoms with Crippen molar-refractivity contribution in [2.45, 2.75) is 6.92 Å². The minimum absolute atomic E-state index is 0.356. The van der Waals surface area contributed by atoms with E-state index in [9.17, 15) is 9.18 Å². The standard InChI is InChI=1S/C12H8FN3O3/c1-5-2-10(16-19-5)11-14-8-3-6(12(17)18)7(13)4-9(8)15-11/h2-4H,1H3,(H,14,15)(H,17,18). The zero-order chi connectivity index (χ0) is 13.6. The summed E-state index contributed by atoms with van der Waals surface area (Å²) in [6.45, 7) is 1.74. The number of halogens is 1. The van der Waals surface area contributed by atoms with Crippen molar-refractivity contribution in [3.63, 3.8) is 0 Å². The first-order chi connectivity index (χ1) is 9.04. The predicted molar refractivity (Wildman–Crippen MR) is 63.2 cm³/mol. The number of imidazole rings is 1. The van der Waals surface area contributed by atoms with Crippen molar-refractivity contribution in [1.29, 1.82) is 0 Å². The monoisotopic (exact) mass is 261 g/mol. The summed E-state index contributed by atoms with van der Waals surface area (Å²) in [5, 5.41) is 12.6. The summed E-state index contributed by atoms with van der Waals surface area (Å²) in [6.07, 6.45) is 0. The molecule has 6 nitrogen and oxygen atoms in total. The maximum atomic E-state index is 13.5. The Labute approximate surface area is 105 Å². The van der Waals surface area contributed by atoms with Crippen molar-refractivity contribution in [2.24, 2.45) is 0 Å². The van der Waals surface area contributed by atoms with Gasteiger partial charge in [0.1, 0.15) is 17.3 Å². The lowest BCUT2D eigenvalue weighted by Crippen LogP contribution is -1.99. The van der Waals surface area contributed by atoms with Crippen LogP contribution >= 0.6 is 0 Å². The number of rotatable bonds is 2. The Hall–Kier alpha value is -2.70. The molecule has 0 bridgehead atoms. The highest BCUT2D eigenvalue weighted by Crippen LogP contribution is 2.22. The van der Waals surface area contributed by atoms with Crippen LogP contribution in [0.15, 0.2) is 22.7 Å². The zero-order valence-electron chi connectivity index (χ0n) is 9.77. The molecule has 1 aromatic carbocycles. The average Bonchev–Trinajstić information content (AvgIpc) is 2.93. The molecular weight excluding hydrogens is 253 g/mol. The number of H-pyrrole nitrogens is 1. The van der Waals surface area contributed by atoms with Gasteiger partial charge in [0.05, 0.1) is 16.6 Å². The van der Waals surface area contributed by atoms with Gasteiger partial charge >= 0.3 is 5.97 Å². The van der Waals surface area contributed by atoms with Gasteiger partial charge in [-0.05, 0) is 13.0 Å². The van der Waals surface area contributed by atoms with Crippen LogP contribution in [0.2, 0.25) is 0 Å². The lowest BCUT2D eigenvalue weighted by molar-refractivity contribution is 0.0692. The maximum absolute atomic E-state index is 13.5. The number of hydrogen-bond donors (Lipinski definition) is 2. The highest BCUT2D eigenvalue weighted by Gasteiger charge is 2.15. The lowest BCUT2D eigenvalue weighted by atomic mass is 10.2. The van der Waals surface area contributed by atoms with Crippen LogP contribution in [0.1, 0.15) is 16.1 Å². The normalized spacial score (nSPS) is 11.1. The largest absolute Gasteiger partial charge is 0.478 e. The minimum atomic E-state index is -1.33. The second-order valence-corrected chi connectivity index (χ2v) is 4.06. The van der Waals surface area contributed by atoms with Gasteiger partial charge in [-0.3, -0.25) is 0 Å². The van der Waals surface area contributed by atoms with E-state index in [0.717, 1.165) is 6.07 Å². The summed E-state index contributed by atoms with van der Waals surface area (Å²) in [7, 11) is 0. The average molecular weight is 261 g/mol. The Morgan fingerprint density at radius 2 is 2.21 bits per heavy atom. The fourth-order valence-electron chi connectivity index (χ4n) is 1.79. The highest BCUT2D eigenvalue weighted by atomic mass is 19.1. The van der Waals surface area contributed by atoms with Crippen LogP contribution in [0, 0.1) is 12.7 Å². The summed E-state index contributed by atoms with van der Waals surface area (Å²) in [4.78, 5) is 17.9. The molecule has 0 saturated heterocycles. The third-order valence-electron chi connectivity index (χ3n) is 2.67. The Morgan fingerprint density at radius 1 is 1.42 bits per heavy atom. The SMILES string of the molecule is Cc1cc(-c2nc3cc(C(=O)O)c(F)cc3[nH]2)no1. The summed E-state index contributed by atoms with van der Waals surface area (Å²) < 4.78 is 18.4. The van der Waals surface area contributed by atoms with Crippen LogP contribution in [0.25, 0.3) is 22.6 Å². The molecule has 0 aliphatic carbocycles. The van der Waals surface area contributed by atoms with E-state index in [2.05, 4.69) is 15.1 Å². The third kappa shape index (κ3) is 1.85. The summed E-state index contributed by atoms with van der Waals surface area (Å²) in [5.74, 6) is -1.13. The van der Waals surface area contributed by atoms with Gasteiger partial charge in [0.2, 0.25) is 0 Å². The fourth-order valence-corrected chi connectivity index (χ4v) is 1.79. The number of nitrogens with zero attached hydrogens (tertiary/aromatic N) is 2. The summed E-state index contributed by atoms with van der Waals surface area (Å²) in [6, 6.07) is 3.95. The molecule has 0 saturated carbocycles. The molecule has 96 valence electrons.